The molecule has 0 aromatic carbocycles. The number of carbonyl (C=O) groups excluding carboxylic acids is 2. The van der Waals surface area contributed by atoms with Crippen LogP contribution >= 0.6 is 0 Å². The van der Waals surface area contributed by atoms with Gasteiger partial charge in [-0.25, -0.2) is 4.98 Å². The van der Waals surface area contributed by atoms with Crippen LogP contribution < -0.4 is 10.7 Å². The summed E-state index contributed by atoms with van der Waals surface area (Å²) in [6.45, 7) is 0. The van der Waals surface area contributed by atoms with Gasteiger partial charge in [-0.05, 0) is 0 Å². The van der Waals surface area contributed by atoms with Gasteiger partial charge in [0.25, 0.3) is 5.69 Å². The number of nitrogens with two attached hydrogens (primary N) is 1. The maximum atomic E-state index is 10.7. The first-order valence-electron chi connectivity index (χ1n) is 3.34. The number of pyridine rings is 1. The molecule has 0 spiro atoms. The summed E-state index contributed by atoms with van der Waals surface area (Å²) in [5.41, 5.74) is 5.03. The number of nitroso groups, excluding NO2 is 1. The van der Waals surface area contributed by atoms with E-state index in [2.05, 4.69) is 10.2 Å². The Morgan fingerprint density at radius 1 is 1.46 bits per heavy atom. The topological polar surface area (TPSA) is 104 Å². The van der Waals surface area contributed by atoms with Gasteiger partial charge in [0.05, 0.1) is 5.56 Å². The number of nitrogens with zero attached hydrogens (tertiary/aromatic N) is 1. The van der Waals surface area contributed by atoms with Crippen LogP contribution in [0.15, 0.2) is 23.5 Å². The fourth-order valence-electron chi connectivity index (χ4n) is 0.792. The minimum atomic E-state index is -0.969. The molecule has 2 amide bonds. The smallest absolute Gasteiger partial charge is 0.366 e. The Morgan fingerprint density at radius 2 is 2.15 bits per heavy atom. The molecule has 0 aliphatic rings. The van der Waals surface area contributed by atoms with Gasteiger partial charge in [0, 0.05) is 17.3 Å². The summed E-state index contributed by atoms with van der Waals surface area (Å²) < 4.78 is 0. The third-order valence-corrected chi connectivity index (χ3v) is 1.40. The number of rotatable bonds is 2. The van der Waals surface area contributed by atoms with Crippen LogP contribution in [0.25, 0.3) is 0 Å². The van der Waals surface area contributed by atoms with E-state index in [4.69, 9.17) is 5.73 Å². The highest BCUT2D eigenvalue weighted by Crippen LogP contribution is 1.98. The highest BCUT2D eigenvalue weighted by Gasteiger charge is 2.15. The molecule has 1 heterocycles. The van der Waals surface area contributed by atoms with Gasteiger partial charge < -0.3 is 5.73 Å². The second-order valence-corrected chi connectivity index (χ2v) is 2.25. The Morgan fingerprint density at radius 3 is 2.69 bits per heavy atom. The van der Waals surface area contributed by atoms with Crippen LogP contribution in [0.5, 0.6) is 0 Å². The summed E-state index contributed by atoms with van der Waals surface area (Å²) in [5.74, 6) is -1.64. The molecule has 0 atom stereocenters. The van der Waals surface area contributed by atoms with E-state index in [-0.39, 0.29) is 11.3 Å². The number of hydrogen-bond acceptors (Lipinski definition) is 3. The monoisotopic (exact) mass is 180 g/mol. The van der Waals surface area contributed by atoms with Gasteiger partial charge in [-0.15, -0.1) is 4.91 Å². The number of nitrogens with one attached hydrogen (secondary N) is 1. The van der Waals surface area contributed by atoms with Crippen molar-refractivity contribution in [2.75, 3.05) is 0 Å². The molecule has 1 aromatic heterocycles. The predicted molar refractivity (Wildman–Crippen MR) is 41.6 cm³/mol. The number of primary amides is 1. The van der Waals surface area contributed by atoms with Crippen LogP contribution in [0.3, 0.4) is 0 Å². The summed E-state index contributed by atoms with van der Waals surface area (Å²) in [4.78, 5) is 33.7. The lowest BCUT2D eigenvalue weighted by atomic mass is 10.2. The van der Waals surface area contributed by atoms with Crippen molar-refractivity contribution in [3.63, 3.8) is 0 Å². The van der Waals surface area contributed by atoms with Crippen molar-refractivity contribution >= 4 is 11.8 Å². The van der Waals surface area contributed by atoms with Crippen LogP contribution in [0.2, 0.25) is 0 Å². The number of amides is 2. The van der Waals surface area contributed by atoms with E-state index in [0.29, 0.717) is 0 Å². The van der Waals surface area contributed by atoms with E-state index < -0.39 is 11.8 Å². The summed E-state index contributed by atoms with van der Waals surface area (Å²) in [6.07, 6.45) is 1.33. The van der Waals surface area contributed by atoms with Crippen molar-refractivity contribution in [1.82, 2.24) is 0 Å². The standard InChI is InChI=1S/C7H5N3O3/c8-6(11)4-1-2-9-5(3-4)7(12)10-13/h1-3H,(H2,8,11)/p+1. The zero-order valence-electron chi connectivity index (χ0n) is 6.48. The SMILES string of the molecule is NC(=O)c1cc[nH+]c(C(=O)N=O)c1. The Bertz CT molecular complexity index is 375. The highest BCUT2D eigenvalue weighted by atomic mass is 16.3. The lowest BCUT2D eigenvalue weighted by Crippen LogP contribution is -2.19. The van der Waals surface area contributed by atoms with E-state index in [9.17, 15) is 14.5 Å². The molecule has 0 unspecified atom stereocenters. The van der Waals surface area contributed by atoms with E-state index in [1.165, 1.54) is 18.3 Å². The average Bonchev–Trinajstić information content (AvgIpc) is 2.17. The highest BCUT2D eigenvalue weighted by molar-refractivity contribution is 5.96. The minimum Gasteiger partial charge on any atom is -0.366 e. The van der Waals surface area contributed by atoms with Gasteiger partial charge >= 0.3 is 5.91 Å². The quantitative estimate of drug-likeness (QED) is 0.620. The Balaban J connectivity index is 3.12. The van der Waals surface area contributed by atoms with Crippen LogP contribution in [0.1, 0.15) is 20.8 Å². The molecule has 0 saturated carbocycles. The van der Waals surface area contributed by atoms with Crippen molar-refractivity contribution in [3.05, 3.63) is 34.5 Å². The second kappa shape index (κ2) is 3.53. The van der Waals surface area contributed by atoms with Crippen molar-refractivity contribution in [2.45, 2.75) is 0 Å². The van der Waals surface area contributed by atoms with Gasteiger partial charge in [0.2, 0.25) is 5.91 Å². The van der Waals surface area contributed by atoms with Crippen molar-refractivity contribution in [1.29, 1.82) is 0 Å². The van der Waals surface area contributed by atoms with Gasteiger partial charge in [0.15, 0.2) is 6.20 Å². The molecular formula is C7H6N3O3+. The largest absolute Gasteiger partial charge is 0.380 e. The van der Waals surface area contributed by atoms with Gasteiger partial charge in [0.1, 0.15) is 0 Å². The van der Waals surface area contributed by atoms with Gasteiger partial charge in [-0.3, -0.25) is 9.59 Å². The third kappa shape index (κ3) is 1.92. The predicted octanol–water partition coefficient (Wildman–Crippen LogP) is -0.494. The number of carbonyl (C=O) groups is 2. The first-order valence-corrected chi connectivity index (χ1v) is 3.34. The van der Waals surface area contributed by atoms with Crippen molar-refractivity contribution in [3.8, 4) is 0 Å². The van der Waals surface area contributed by atoms with Crippen molar-refractivity contribution < 1.29 is 14.6 Å². The molecule has 66 valence electrons. The van der Waals surface area contributed by atoms with Crippen LogP contribution in [-0.2, 0) is 0 Å². The molecule has 6 heteroatoms. The van der Waals surface area contributed by atoms with Crippen LogP contribution in [-0.4, -0.2) is 11.8 Å². The Kier molecular flexibility index (Phi) is 2.44. The van der Waals surface area contributed by atoms with Gasteiger partial charge in [-0.1, -0.05) is 0 Å². The lowest BCUT2D eigenvalue weighted by Gasteiger charge is -1.90. The molecule has 13 heavy (non-hydrogen) atoms. The fourth-order valence-corrected chi connectivity index (χ4v) is 0.792. The molecule has 6 nitrogen and oxygen atoms in total. The summed E-state index contributed by atoms with van der Waals surface area (Å²) in [6, 6.07) is 2.57. The van der Waals surface area contributed by atoms with Crippen LogP contribution in [0.4, 0.5) is 0 Å². The molecule has 1 aromatic rings. The lowest BCUT2D eigenvalue weighted by molar-refractivity contribution is -0.381. The van der Waals surface area contributed by atoms with Crippen LogP contribution in [0, 0.1) is 4.91 Å². The number of hydrogen-bond donors (Lipinski definition) is 1. The number of H-pyrrole nitrogens is 1. The summed E-state index contributed by atoms with van der Waals surface area (Å²) in [5, 5.41) is 2.19. The van der Waals surface area contributed by atoms with E-state index in [1.807, 2.05) is 0 Å². The zero-order chi connectivity index (χ0) is 9.84. The zero-order valence-corrected chi connectivity index (χ0v) is 6.48. The molecule has 0 bridgehead atoms. The van der Waals surface area contributed by atoms with E-state index >= 15 is 0 Å². The maximum absolute atomic E-state index is 10.7. The summed E-state index contributed by atoms with van der Waals surface area (Å²) >= 11 is 0. The first-order chi connectivity index (χ1) is 6.15. The molecule has 3 N–H and O–H groups in total. The minimum absolute atomic E-state index is 0.0636. The Hall–Kier alpha value is -2.11. The average molecular weight is 180 g/mol. The van der Waals surface area contributed by atoms with E-state index in [1.54, 1.807) is 0 Å². The molecule has 0 radical (unpaired) electrons. The molecule has 0 aliphatic carbocycles. The molecular weight excluding hydrogens is 174 g/mol. The van der Waals surface area contributed by atoms with E-state index in [0.717, 1.165) is 0 Å². The number of aromatic nitrogens is 1. The molecule has 1 rings (SSSR count). The van der Waals surface area contributed by atoms with Crippen molar-refractivity contribution in [2.24, 2.45) is 10.9 Å². The second-order valence-electron chi connectivity index (χ2n) is 2.25. The third-order valence-electron chi connectivity index (χ3n) is 1.40. The summed E-state index contributed by atoms with van der Waals surface area (Å²) in [7, 11) is 0. The number of aromatic amines is 1. The Labute approximate surface area is 72.7 Å². The maximum Gasteiger partial charge on any atom is 0.380 e. The molecule has 0 aliphatic heterocycles. The first kappa shape index (κ1) is 8.98. The molecule has 0 fully saturated rings. The molecule has 0 saturated heterocycles. The normalized spacial score (nSPS) is 9.23. The fraction of sp³-hybridized carbons (Fsp3) is 0. The van der Waals surface area contributed by atoms with Gasteiger partial charge in [-0.2, -0.15) is 0 Å².